The monoisotopic (exact) mass is 371 g/mol. The summed E-state index contributed by atoms with van der Waals surface area (Å²) in [5.41, 5.74) is 6.39. The Labute approximate surface area is 155 Å². The first kappa shape index (κ1) is 17.6. The lowest BCUT2D eigenvalue weighted by Crippen LogP contribution is -2.43. The minimum absolute atomic E-state index is 0.143. The summed E-state index contributed by atoms with van der Waals surface area (Å²) in [5, 5.41) is 3.95. The molecule has 0 bridgehead atoms. The highest BCUT2D eigenvalue weighted by Crippen LogP contribution is 2.28. The number of methoxy groups -OCH3 is 2. The quantitative estimate of drug-likeness (QED) is 0.480. The van der Waals surface area contributed by atoms with Crippen molar-refractivity contribution in [3.8, 4) is 11.5 Å². The van der Waals surface area contributed by atoms with E-state index in [0.29, 0.717) is 11.3 Å². The minimum atomic E-state index is -0.456. The molecule has 0 fully saturated rings. The van der Waals surface area contributed by atoms with Crippen LogP contribution in [0.4, 0.5) is 5.69 Å². The van der Waals surface area contributed by atoms with Crippen LogP contribution in [0.25, 0.3) is 11.0 Å². The molecular formula is C18H17N3O4S. The van der Waals surface area contributed by atoms with Crippen LogP contribution in [0, 0.1) is 0 Å². The Morgan fingerprint density at radius 3 is 2.50 bits per heavy atom. The van der Waals surface area contributed by atoms with Crippen LogP contribution in [-0.4, -0.2) is 25.2 Å². The molecule has 3 rings (SSSR count). The van der Waals surface area contributed by atoms with Gasteiger partial charge in [-0.05, 0) is 48.6 Å². The zero-order valence-corrected chi connectivity index (χ0v) is 15.0. The Bertz CT molecular complexity index is 937. The third kappa shape index (κ3) is 3.86. The molecule has 26 heavy (non-hydrogen) atoms. The maximum atomic E-state index is 12.2. The van der Waals surface area contributed by atoms with Crippen LogP contribution in [0.2, 0.25) is 0 Å². The molecule has 7 nitrogen and oxygen atoms in total. The van der Waals surface area contributed by atoms with E-state index in [2.05, 4.69) is 16.2 Å². The largest absolute Gasteiger partial charge is 0.497 e. The van der Waals surface area contributed by atoms with Gasteiger partial charge in [0.15, 0.2) is 22.2 Å². The molecule has 0 saturated heterocycles. The number of hydrogen-bond donors (Lipinski definition) is 3. The smallest absolute Gasteiger partial charge is 0.305 e. The molecule has 2 aromatic carbocycles. The van der Waals surface area contributed by atoms with Gasteiger partial charge in [-0.25, -0.2) is 0 Å². The number of anilines is 1. The average Bonchev–Trinajstić information content (AvgIpc) is 3.11. The SMILES string of the molecule is COc1ccc(NC(=S)NNC(=O)c2cc3cccc(OC)c3o2)cc1. The Morgan fingerprint density at radius 1 is 1.04 bits per heavy atom. The van der Waals surface area contributed by atoms with Gasteiger partial charge in [0.2, 0.25) is 0 Å². The zero-order chi connectivity index (χ0) is 18.5. The maximum Gasteiger partial charge on any atom is 0.305 e. The number of benzene rings is 2. The van der Waals surface area contributed by atoms with Gasteiger partial charge in [0.05, 0.1) is 14.2 Å². The second-order valence-corrected chi connectivity index (χ2v) is 5.66. The standard InChI is InChI=1S/C18H17N3O4S/c1-23-13-8-6-12(7-9-13)19-18(26)21-20-17(22)15-10-11-4-3-5-14(24-2)16(11)25-15/h3-10H,1-2H3,(H,20,22)(H2,19,21,26). The number of nitrogens with one attached hydrogen (secondary N) is 3. The number of hydrogen-bond acceptors (Lipinski definition) is 5. The van der Waals surface area contributed by atoms with Crippen molar-refractivity contribution in [2.75, 3.05) is 19.5 Å². The number of ether oxygens (including phenoxy) is 2. The summed E-state index contributed by atoms with van der Waals surface area (Å²) in [6.07, 6.45) is 0. The fraction of sp³-hybridized carbons (Fsp3) is 0.111. The Kier molecular flexibility index (Phi) is 5.23. The van der Waals surface area contributed by atoms with E-state index in [1.54, 1.807) is 50.6 Å². The lowest BCUT2D eigenvalue weighted by atomic mass is 10.2. The average molecular weight is 371 g/mol. The molecule has 1 amide bonds. The fourth-order valence-corrected chi connectivity index (χ4v) is 2.49. The molecule has 3 N–H and O–H groups in total. The molecule has 1 heterocycles. The summed E-state index contributed by atoms with van der Waals surface area (Å²) in [5.74, 6) is 0.987. The van der Waals surface area contributed by atoms with Gasteiger partial charge in [0.25, 0.3) is 0 Å². The van der Waals surface area contributed by atoms with Crippen molar-refractivity contribution in [1.29, 1.82) is 0 Å². The van der Waals surface area contributed by atoms with Gasteiger partial charge in [-0.1, -0.05) is 12.1 Å². The van der Waals surface area contributed by atoms with Gasteiger partial charge in [0.1, 0.15) is 5.75 Å². The van der Waals surface area contributed by atoms with Crippen LogP contribution in [-0.2, 0) is 0 Å². The molecule has 0 aliphatic rings. The number of fused-ring (bicyclic) bond motifs is 1. The van der Waals surface area contributed by atoms with Crippen molar-refractivity contribution in [2.24, 2.45) is 0 Å². The summed E-state index contributed by atoms with van der Waals surface area (Å²) in [6, 6.07) is 14.3. The first-order chi connectivity index (χ1) is 12.6. The van der Waals surface area contributed by atoms with Crippen molar-refractivity contribution in [1.82, 2.24) is 10.9 Å². The molecule has 0 spiro atoms. The number of hydrazine groups is 1. The van der Waals surface area contributed by atoms with Gasteiger partial charge in [-0.15, -0.1) is 0 Å². The number of rotatable bonds is 4. The molecular weight excluding hydrogens is 354 g/mol. The fourth-order valence-electron chi connectivity index (χ4n) is 2.32. The zero-order valence-electron chi connectivity index (χ0n) is 14.2. The van der Waals surface area contributed by atoms with Gasteiger partial charge < -0.3 is 19.2 Å². The summed E-state index contributed by atoms with van der Waals surface area (Å²) in [4.78, 5) is 12.2. The highest BCUT2D eigenvalue weighted by Gasteiger charge is 2.14. The van der Waals surface area contributed by atoms with Crippen molar-refractivity contribution < 1.29 is 18.7 Å². The van der Waals surface area contributed by atoms with Crippen molar-refractivity contribution in [3.63, 3.8) is 0 Å². The molecule has 0 aliphatic carbocycles. The molecule has 134 valence electrons. The van der Waals surface area contributed by atoms with Crippen LogP contribution in [0.3, 0.4) is 0 Å². The molecule has 0 aliphatic heterocycles. The third-order valence-electron chi connectivity index (χ3n) is 3.59. The molecule has 0 atom stereocenters. The van der Waals surface area contributed by atoms with E-state index in [-0.39, 0.29) is 10.9 Å². The molecule has 1 aromatic heterocycles. The topological polar surface area (TPSA) is 84.8 Å². The van der Waals surface area contributed by atoms with Crippen LogP contribution in [0.5, 0.6) is 11.5 Å². The number of amides is 1. The van der Waals surface area contributed by atoms with E-state index in [0.717, 1.165) is 16.8 Å². The first-order valence-electron chi connectivity index (χ1n) is 7.68. The number of carbonyl (C=O) groups is 1. The Hall–Kier alpha value is -3.26. The predicted molar refractivity (Wildman–Crippen MR) is 103 cm³/mol. The van der Waals surface area contributed by atoms with E-state index >= 15 is 0 Å². The normalized spacial score (nSPS) is 10.2. The number of thiocarbonyl (C=S) groups is 1. The summed E-state index contributed by atoms with van der Waals surface area (Å²) >= 11 is 5.15. The van der Waals surface area contributed by atoms with E-state index in [9.17, 15) is 4.79 Å². The Balaban J connectivity index is 1.60. The number of carbonyl (C=O) groups excluding carboxylic acids is 1. The lowest BCUT2D eigenvalue weighted by Gasteiger charge is -2.11. The van der Waals surface area contributed by atoms with E-state index in [1.807, 2.05) is 12.1 Å². The molecule has 0 saturated carbocycles. The van der Waals surface area contributed by atoms with Gasteiger partial charge in [0, 0.05) is 11.1 Å². The van der Waals surface area contributed by atoms with Crippen LogP contribution >= 0.6 is 12.2 Å². The van der Waals surface area contributed by atoms with Gasteiger partial charge >= 0.3 is 5.91 Å². The molecule has 0 unspecified atom stereocenters. The van der Waals surface area contributed by atoms with Gasteiger partial charge in [-0.2, -0.15) is 0 Å². The second kappa shape index (κ2) is 7.75. The first-order valence-corrected chi connectivity index (χ1v) is 8.09. The Morgan fingerprint density at radius 2 is 1.81 bits per heavy atom. The third-order valence-corrected chi connectivity index (χ3v) is 3.79. The van der Waals surface area contributed by atoms with E-state index < -0.39 is 5.91 Å². The van der Waals surface area contributed by atoms with Crippen LogP contribution in [0.15, 0.2) is 52.9 Å². The van der Waals surface area contributed by atoms with E-state index in [4.69, 9.17) is 26.1 Å². The number of para-hydroxylation sites is 1. The highest BCUT2D eigenvalue weighted by atomic mass is 32.1. The molecule has 3 aromatic rings. The molecule has 0 radical (unpaired) electrons. The summed E-state index contributed by atoms with van der Waals surface area (Å²) < 4.78 is 15.9. The van der Waals surface area contributed by atoms with Crippen molar-refractivity contribution in [3.05, 3.63) is 54.3 Å². The van der Waals surface area contributed by atoms with Crippen LogP contribution in [0.1, 0.15) is 10.6 Å². The maximum absolute atomic E-state index is 12.2. The van der Waals surface area contributed by atoms with Crippen molar-refractivity contribution in [2.45, 2.75) is 0 Å². The van der Waals surface area contributed by atoms with Crippen molar-refractivity contribution >= 4 is 39.9 Å². The van der Waals surface area contributed by atoms with Gasteiger partial charge in [-0.3, -0.25) is 15.6 Å². The number of furan rings is 1. The second-order valence-electron chi connectivity index (χ2n) is 5.25. The minimum Gasteiger partial charge on any atom is -0.497 e. The summed E-state index contributed by atoms with van der Waals surface area (Å²) in [6.45, 7) is 0. The van der Waals surface area contributed by atoms with E-state index in [1.165, 1.54) is 0 Å². The predicted octanol–water partition coefficient (Wildman–Crippen LogP) is 3.08. The summed E-state index contributed by atoms with van der Waals surface area (Å²) in [7, 11) is 3.14. The molecule has 8 heteroatoms. The lowest BCUT2D eigenvalue weighted by molar-refractivity contribution is 0.0918. The van der Waals surface area contributed by atoms with Crippen LogP contribution < -0.4 is 25.6 Å². The highest BCUT2D eigenvalue weighted by molar-refractivity contribution is 7.80.